The largest absolute Gasteiger partial charge is 0.398 e. The average Bonchev–Trinajstić information content (AvgIpc) is 2.20. The first-order valence-electron chi connectivity index (χ1n) is 4.32. The molecule has 2 aromatic rings. The maximum absolute atomic E-state index is 12.9. The van der Waals surface area contributed by atoms with E-state index in [-0.39, 0.29) is 16.6 Å². The molecule has 2 N–H and O–H groups in total. The van der Waals surface area contributed by atoms with Crippen LogP contribution < -0.4 is 5.73 Å². The second-order valence-corrected chi connectivity index (χ2v) is 3.22. The Morgan fingerprint density at radius 2 is 1.69 bits per heavy atom. The van der Waals surface area contributed by atoms with Gasteiger partial charge in [0.25, 0.3) is 6.43 Å². The summed E-state index contributed by atoms with van der Waals surface area (Å²) < 4.78 is 50.5. The second kappa shape index (κ2) is 3.62. The summed E-state index contributed by atoms with van der Waals surface area (Å²) in [4.78, 5) is 3.50. The van der Waals surface area contributed by atoms with Gasteiger partial charge >= 0.3 is 0 Å². The number of nitrogens with two attached hydrogens (primary N) is 1. The van der Waals surface area contributed by atoms with E-state index >= 15 is 0 Å². The number of hydrogen-bond acceptors (Lipinski definition) is 2. The summed E-state index contributed by atoms with van der Waals surface area (Å²) in [6, 6.07) is 2.53. The van der Waals surface area contributed by atoms with Gasteiger partial charge in [-0.1, -0.05) is 0 Å². The summed E-state index contributed by atoms with van der Waals surface area (Å²) in [5.74, 6) is -2.24. The van der Waals surface area contributed by atoms with E-state index in [1.807, 2.05) is 0 Å². The Hall–Kier alpha value is -1.85. The highest BCUT2D eigenvalue weighted by atomic mass is 19.3. The molecule has 0 fully saturated rings. The van der Waals surface area contributed by atoms with Crippen molar-refractivity contribution in [2.24, 2.45) is 0 Å². The molecular formula is C10H6F4N2. The van der Waals surface area contributed by atoms with Crippen molar-refractivity contribution in [3.05, 3.63) is 35.5 Å². The van der Waals surface area contributed by atoms with Crippen molar-refractivity contribution >= 4 is 16.6 Å². The lowest BCUT2D eigenvalue weighted by Gasteiger charge is -2.06. The normalized spacial score (nSPS) is 11.3. The third-order valence-corrected chi connectivity index (χ3v) is 2.13. The van der Waals surface area contributed by atoms with Crippen molar-refractivity contribution in [2.75, 3.05) is 5.73 Å². The van der Waals surface area contributed by atoms with Crippen molar-refractivity contribution in [2.45, 2.75) is 6.43 Å². The Bertz CT molecular complexity index is 554. The molecule has 84 valence electrons. The molecule has 0 saturated heterocycles. The predicted molar refractivity (Wildman–Crippen MR) is 51.0 cm³/mol. The molecule has 0 bridgehead atoms. The monoisotopic (exact) mass is 230 g/mol. The lowest BCUT2D eigenvalue weighted by molar-refractivity contribution is 0.146. The van der Waals surface area contributed by atoms with Crippen LogP contribution in [0, 0.1) is 11.6 Å². The number of rotatable bonds is 1. The van der Waals surface area contributed by atoms with Gasteiger partial charge < -0.3 is 5.73 Å². The van der Waals surface area contributed by atoms with Crippen LogP contribution in [0.15, 0.2) is 18.2 Å². The quantitative estimate of drug-likeness (QED) is 0.764. The van der Waals surface area contributed by atoms with Gasteiger partial charge in [0.15, 0.2) is 11.6 Å². The molecule has 1 heterocycles. The number of halogens is 4. The Kier molecular flexibility index (Phi) is 2.41. The lowest BCUT2D eigenvalue weighted by Crippen LogP contribution is -1.97. The molecule has 2 nitrogen and oxygen atoms in total. The third-order valence-electron chi connectivity index (χ3n) is 2.13. The zero-order chi connectivity index (χ0) is 11.9. The summed E-state index contributed by atoms with van der Waals surface area (Å²) in [5.41, 5.74) is 4.75. The second-order valence-electron chi connectivity index (χ2n) is 3.22. The van der Waals surface area contributed by atoms with Crippen LogP contribution in [0.5, 0.6) is 0 Å². The fraction of sp³-hybridized carbons (Fsp3) is 0.100. The summed E-state index contributed by atoms with van der Waals surface area (Å²) >= 11 is 0. The van der Waals surface area contributed by atoms with Crippen LogP contribution in [0.1, 0.15) is 12.1 Å². The summed E-state index contributed by atoms with van der Waals surface area (Å²) in [5, 5.41) is 0.114. The van der Waals surface area contributed by atoms with E-state index in [1.165, 1.54) is 0 Å². The van der Waals surface area contributed by atoms with Crippen LogP contribution in [0.4, 0.5) is 23.2 Å². The van der Waals surface area contributed by atoms with E-state index in [4.69, 9.17) is 5.73 Å². The Labute approximate surface area is 87.7 Å². The van der Waals surface area contributed by atoms with Gasteiger partial charge in [0.2, 0.25) is 0 Å². The Morgan fingerprint density at radius 3 is 2.31 bits per heavy atom. The molecule has 1 aromatic heterocycles. The molecule has 0 aliphatic heterocycles. The third kappa shape index (κ3) is 1.66. The van der Waals surface area contributed by atoms with Gasteiger partial charge in [0, 0.05) is 17.1 Å². The van der Waals surface area contributed by atoms with Crippen LogP contribution in [0.25, 0.3) is 10.9 Å². The van der Waals surface area contributed by atoms with Crippen LogP contribution in [0.2, 0.25) is 0 Å². The van der Waals surface area contributed by atoms with Crippen molar-refractivity contribution in [3.8, 4) is 0 Å². The van der Waals surface area contributed by atoms with Gasteiger partial charge in [0.1, 0.15) is 5.69 Å². The maximum Gasteiger partial charge on any atom is 0.280 e. The van der Waals surface area contributed by atoms with Gasteiger partial charge in [-0.3, -0.25) is 0 Å². The molecule has 0 radical (unpaired) electrons. The molecule has 16 heavy (non-hydrogen) atoms. The van der Waals surface area contributed by atoms with Crippen LogP contribution >= 0.6 is 0 Å². The van der Waals surface area contributed by atoms with Gasteiger partial charge in [-0.25, -0.2) is 22.5 Å². The molecular weight excluding hydrogens is 224 g/mol. The first-order valence-corrected chi connectivity index (χ1v) is 4.32. The first-order chi connectivity index (χ1) is 7.49. The molecule has 0 aliphatic carbocycles. The van der Waals surface area contributed by atoms with Gasteiger partial charge in [0.05, 0.1) is 5.52 Å². The predicted octanol–water partition coefficient (Wildman–Crippen LogP) is 3.03. The highest BCUT2D eigenvalue weighted by Gasteiger charge is 2.14. The number of nitrogens with zero attached hydrogens (tertiary/aromatic N) is 1. The number of alkyl halides is 2. The number of benzene rings is 1. The molecule has 0 atom stereocenters. The Balaban J connectivity index is 2.77. The Morgan fingerprint density at radius 1 is 1.06 bits per heavy atom. The van der Waals surface area contributed by atoms with Crippen LogP contribution in [-0.4, -0.2) is 4.98 Å². The van der Waals surface area contributed by atoms with Crippen molar-refractivity contribution in [1.82, 2.24) is 4.98 Å². The summed E-state index contributed by atoms with van der Waals surface area (Å²) in [6.07, 6.45) is -2.81. The van der Waals surface area contributed by atoms with E-state index in [1.54, 1.807) is 0 Å². The maximum atomic E-state index is 12.9. The molecule has 0 unspecified atom stereocenters. The molecule has 2 rings (SSSR count). The minimum atomic E-state index is -2.81. The van der Waals surface area contributed by atoms with E-state index in [0.717, 1.165) is 18.2 Å². The summed E-state index contributed by atoms with van der Waals surface area (Å²) in [7, 11) is 0. The SMILES string of the molecule is Nc1cc(C(F)F)nc2cc(F)c(F)cc12. The van der Waals surface area contributed by atoms with Gasteiger partial charge in [-0.15, -0.1) is 0 Å². The van der Waals surface area contributed by atoms with E-state index in [9.17, 15) is 17.6 Å². The van der Waals surface area contributed by atoms with Crippen molar-refractivity contribution < 1.29 is 17.6 Å². The number of hydrogen-bond donors (Lipinski definition) is 1. The minimum absolute atomic E-state index is 0.0563. The number of pyridine rings is 1. The van der Waals surface area contributed by atoms with Crippen molar-refractivity contribution in [1.29, 1.82) is 0 Å². The number of fused-ring (bicyclic) bond motifs is 1. The van der Waals surface area contributed by atoms with E-state index < -0.39 is 23.8 Å². The highest BCUT2D eigenvalue weighted by molar-refractivity contribution is 5.90. The van der Waals surface area contributed by atoms with Gasteiger partial charge in [-0.05, 0) is 12.1 Å². The van der Waals surface area contributed by atoms with E-state index in [0.29, 0.717) is 0 Å². The molecule has 0 amide bonds. The van der Waals surface area contributed by atoms with Crippen LogP contribution in [0.3, 0.4) is 0 Å². The first kappa shape index (κ1) is 10.7. The standard InChI is InChI=1S/C10H6F4N2/c11-5-1-4-7(15)3-9(10(13)14)16-8(4)2-6(5)12/h1-3,10H,(H2,15,16). The highest BCUT2D eigenvalue weighted by Crippen LogP contribution is 2.27. The fourth-order valence-corrected chi connectivity index (χ4v) is 1.38. The fourth-order valence-electron chi connectivity index (χ4n) is 1.38. The molecule has 1 aromatic carbocycles. The smallest absolute Gasteiger partial charge is 0.280 e. The zero-order valence-electron chi connectivity index (χ0n) is 7.85. The van der Waals surface area contributed by atoms with Crippen LogP contribution in [-0.2, 0) is 0 Å². The molecule has 0 aliphatic rings. The molecule has 6 heteroatoms. The summed E-state index contributed by atoms with van der Waals surface area (Å²) in [6.45, 7) is 0. The minimum Gasteiger partial charge on any atom is -0.398 e. The van der Waals surface area contributed by atoms with Gasteiger partial charge in [-0.2, -0.15) is 0 Å². The van der Waals surface area contributed by atoms with Crippen molar-refractivity contribution in [3.63, 3.8) is 0 Å². The molecule has 0 spiro atoms. The zero-order valence-corrected chi connectivity index (χ0v) is 7.85. The number of anilines is 1. The number of aromatic nitrogens is 1. The number of nitrogen functional groups attached to an aromatic ring is 1. The topological polar surface area (TPSA) is 38.9 Å². The molecule has 0 saturated carbocycles. The lowest BCUT2D eigenvalue weighted by atomic mass is 10.1. The van der Waals surface area contributed by atoms with E-state index in [2.05, 4.69) is 4.98 Å². The average molecular weight is 230 g/mol.